The molecule has 0 unspecified atom stereocenters. The number of hydrogen-bond acceptors (Lipinski definition) is 3. The molecule has 0 bridgehead atoms. The molecule has 1 rings (SSSR count). The molecular weight excluding hydrogens is 222 g/mol. The Hall–Kier alpha value is -1.12. The van der Waals surface area contributed by atoms with E-state index in [9.17, 15) is 0 Å². The first-order chi connectivity index (χ1) is 8.57. The van der Waals surface area contributed by atoms with Crippen LogP contribution < -0.4 is 5.32 Å². The van der Waals surface area contributed by atoms with E-state index in [4.69, 9.17) is 0 Å². The van der Waals surface area contributed by atoms with Gasteiger partial charge in [-0.05, 0) is 18.3 Å². The number of nitrogens with one attached hydrogen (secondary N) is 1. The second-order valence-corrected chi connectivity index (χ2v) is 5.72. The molecule has 0 aliphatic rings. The fraction of sp³-hybridized carbons (Fsp3) is 0.733. The topological polar surface area (TPSA) is 37.8 Å². The first-order valence-corrected chi connectivity index (χ1v) is 7.12. The molecule has 3 nitrogen and oxygen atoms in total. The lowest BCUT2D eigenvalue weighted by molar-refractivity contribution is 0.342. The van der Waals surface area contributed by atoms with Gasteiger partial charge in [-0.15, -0.1) is 0 Å². The Balaban J connectivity index is 2.42. The van der Waals surface area contributed by atoms with Crippen molar-refractivity contribution in [1.82, 2.24) is 9.97 Å². The summed E-state index contributed by atoms with van der Waals surface area (Å²) in [5.74, 6) is 0.949. The first-order valence-electron chi connectivity index (χ1n) is 7.12. The smallest absolute Gasteiger partial charge is 0.129 e. The van der Waals surface area contributed by atoms with E-state index in [0.717, 1.165) is 24.5 Å². The van der Waals surface area contributed by atoms with Gasteiger partial charge in [-0.25, -0.2) is 9.97 Å². The van der Waals surface area contributed by atoms with E-state index in [2.05, 4.69) is 43.0 Å². The highest BCUT2D eigenvalue weighted by Crippen LogP contribution is 2.24. The molecule has 0 saturated heterocycles. The van der Waals surface area contributed by atoms with E-state index in [1.54, 1.807) is 6.33 Å². The molecule has 1 N–H and O–H groups in total. The Bertz CT molecular complexity index is 347. The average Bonchev–Trinajstić information content (AvgIpc) is 2.37. The van der Waals surface area contributed by atoms with E-state index >= 15 is 0 Å². The van der Waals surface area contributed by atoms with Crippen molar-refractivity contribution in [2.45, 2.75) is 59.8 Å². The minimum atomic E-state index is 0.326. The second kappa shape index (κ2) is 7.34. The Morgan fingerprint density at radius 3 is 2.61 bits per heavy atom. The van der Waals surface area contributed by atoms with Gasteiger partial charge >= 0.3 is 0 Å². The SMILES string of the molecule is CCCCCC(C)(C)CNc1cc(CC)ncn1. The zero-order valence-electron chi connectivity index (χ0n) is 12.3. The summed E-state index contributed by atoms with van der Waals surface area (Å²) in [7, 11) is 0. The van der Waals surface area contributed by atoms with Crippen molar-refractivity contribution in [1.29, 1.82) is 0 Å². The molecule has 18 heavy (non-hydrogen) atoms. The summed E-state index contributed by atoms with van der Waals surface area (Å²) >= 11 is 0. The highest BCUT2D eigenvalue weighted by molar-refractivity contribution is 5.34. The second-order valence-electron chi connectivity index (χ2n) is 5.72. The summed E-state index contributed by atoms with van der Waals surface area (Å²) in [6.07, 6.45) is 7.79. The van der Waals surface area contributed by atoms with Crippen LogP contribution in [-0.4, -0.2) is 16.5 Å². The van der Waals surface area contributed by atoms with Crippen molar-refractivity contribution in [3.05, 3.63) is 18.1 Å². The fourth-order valence-corrected chi connectivity index (χ4v) is 1.96. The predicted molar refractivity (Wildman–Crippen MR) is 77.8 cm³/mol. The number of rotatable bonds is 8. The van der Waals surface area contributed by atoms with Crippen molar-refractivity contribution in [3.63, 3.8) is 0 Å². The molecule has 0 saturated carbocycles. The van der Waals surface area contributed by atoms with Crippen LogP contribution in [0.1, 0.15) is 59.1 Å². The van der Waals surface area contributed by atoms with Crippen molar-refractivity contribution in [2.75, 3.05) is 11.9 Å². The highest BCUT2D eigenvalue weighted by Gasteiger charge is 2.17. The Labute approximate surface area is 111 Å². The minimum Gasteiger partial charge on any atom is -0.369 e. The number of nitrogens with zero attached hydrogens (tertiary/aromatic N) is 2. The lowest BCUT2D eigenvalue weighted by Crippen LogP contribution is -2.23. The summed E-state index contributed by atoms with van der Waals surface area (Å²) < 4.78 is 0. The number of hydrogen-bond donors (Lipinski definition) is 1. The summed E-state index contributed by atoms with van der Waals surface area (Å²) in [5.41, 5.74) is 1.42. The van der Waals surface area contributed by atoms with Gasteiger partial charge < -0.3 is 5.32 Å². The maximum absolute atomic E-state index is 4.26. The molecule has 0 fully saturated rings. The monoisotopic (exact) mass is 249 g/mol. The van der Waals surface area contributed by atoms with Crippen LogP contribution in [-0.2, 0) is 6.42 Å². The van der Waals surface area contributed by atoms with Crippen LogP contribution in [0.4, 0.5) is 5.82 Å². The van der Waals surface area contributed by atoms with E-state index in [1.165, 1.54) is 25.7 Å². The third-order valence-electron chi connectivity index (χ3n) is 3.29. The van der Waals surface area contributed by atoms with E-state index in [0.29, 0.717) is 5.41 Å². The normalized spacial score (nSPS) is 11.6. The van der Waals surface area contributed by atoms with E-state index in [1.807, 2.05) is 6.07 Å². The summed E-state index contributed by atoms with van der Waals surface area (Å²) in [6.45, 7) is 9.96. The summed E-state index contributed by atoms with van der Waals surface area (Å²) in [4.78, 5) is 8.48. The maximum Gasteiger partial charge on any atom is 0.129 e. The van der Waals surface area contributed by atoms with Crippen LogP contribution in [0, 0.1) is 5.41 Å². The van der Waals surface area contributed by atoms with Crippen molar-refractivity contribution in [3.8, 4) is 0 Å². The van der Waals surface area contributed by atoms with Gasteiger partial charge in [-0.2, -0.15) is 0 Å². The van der Waals surface area contributed by atoms with Gasteiger partial charge in [0.05, 0.1) is 0 Å². The predicted octanol–water partition coefficient (Wildman–Crippen LogP) is 4.06. The number of anilines is 1. The van der Waals surface area contributed by atoms with Gasteiger partial charge in [-0.1, -0.05) is 47.0 Å². The molecule has 0 radical (unpaired) electrons. The Kier molecular flexibility index (Phi) is 6.10. The number of aryl methyl sites for hydroxylation is 1. The Morgan fingerprint density at radius 1 is 1.17 bits per heavy atom. The van der Waals surface area contributed by atoms with Crippen LogP contribution >= 0.6 is 0 Å². The lowest BCUT2D eigenvalue weighted by Gasteiger charge is -2.25. The van der Waals surface area contributed by atoms with Crippen LogP contribution in [0.15, 0.2) is 12.4 Å². The van der Waals surface area contributed by atoms with Crippen molar-refractivity contribution in [2.24, 2.45) is 5.41 Å². The third kappa shape index (κ3) is 5.48. The molecule has 1 heterocycles. The largest absolute Gasteiger partial charge is 0.369 e. The minimum absolute atomic E-state index is 0.326. The summed E-state index contributed by atoms with van der Waals surface area (Å²) in [6, 6.07) is 2.04. The fourth-order valence-electron chi connectivity index (χ4n) is 1.96. The zero-order valence-corrected chi connectivity index (χ0v) is 12.3. The van der Waals surface area contributed by atoms with Gasteiger partial charge in [0.2, 0.25) is 0 Å². The molecule has 102 valence electrons. The van der Waals surface area contributed by atoms with Crippen molar-refractivity contribution < 1.29 is 0 Å². The molecule has 0 atom stereocenters. The van der Waals surface area contributed by atoms with Gasteiger partial charge in [0.1, 0.15) is 12.1 Å². The molecule has 1 aromatic rings. The number of unbranched alkanes of at least 4 members (excludes halogenated alkanes) is 2. The zero-order chi connectivity index (χ0) is 13.4. The average molecular weight is 249 g/mol. The van der Waals surface area contributed by atoms with Gasteiger partial charge in [0.25, 0.3) is 0 Å². The quantitative estimate of drug-likeness (QED) is 0.706. The van der Waals surface area contributed by atoms with E-state index < -0.39 is 0 Å². The van der Waals surface area contributed by atoms with Gasteiger partial charge in [-0.3, -0.25) is 0 Å². The molecule has 0 amide bonds. The third-order valence-corrected chi connectivity index (χ3v) is 3.29. The van der Waals surface area contributed by atoms with Gasteiger partial charge in [0.15, 0.2) is 0 Å². The van der Waals surface area contributed by atoms with Crippen molar-refractivity contribution >= 4 is 5.82 Å². The molecule has 0 aromatic carbocycles. The summed E-state index contributed by atoms with van der Waals surface area (Å²) in [5, 5.41) is 3.44. The molecule has 1 aromatic heterocycles. The van der Waals surface area contributed by atoms with Crippen LogP contribution in [0.3, 0.4) is 0 Å². The standard InChI is InChI=1S/C15H27N3/c1-5-7-8-9-15(3,4)11-16-14-10-13(6-2)17-12-18-14/h10,12H,5-9,11H2,1-4H3,(H,16,17,18). The van der Waals surface area contributed by atoms with E-state index in [-0.39, 0.29) is 0 Å². The lowest BCUT2D eigenvalue weighted by atomic mass is 9.87. The first kappa shape index (κ1) is 14.9. The maximum atomic E-state index is 4.26. The van der Waals surface area contributed by atoms with Gasteiger partial charge in [0, 0.05) is 18.3 Å². The molecular formula is C15H27N3. The molecule has 0 aliphatic heterocycles. The Morgan fingerprint density at radius 2 is 1.94 bits per heavy atom. The molecule has 0 aliphatic carbocycles. The molecule has 3 heteroatoms. The van der Waals surface area contributed by atoms with Crippen LogP contribution in [0.2, 0.25) is 0 Å². The van der Waals surface area contributed by atoms with Crippen LogP contribution in [0.25, 0.3) is 0 Å². The van der Waals surface area contributed by atoms with Crippen LogP contribution in [0.5, 0.6) is 0 Å². The molecule has 0 spiro atoms. The highest BCUT2D eigenvalue weighted by atomic mass is 15.0. The number of aromatic nitrogens is 2.